The standard InChI is InChI=1S/C16H26N2O2/c1-3-20-15-9-13(6-7-14(15)17)18-16(11-19)8-4-5-12(2)10-16/h6-7,9,12,18-19H,3-5,8,10-11,17H2,1-2H3. The number of aliphatic hydroxyl groups is 1. The number of hydrogen-bond acceptors (Lipinski definition) is 4. The Bertz CT molecular complexity index is 450. The van der Waals surface area contributed by atoms with Crippen LogP contribution in [-0.4, -0.2) is 23.9 Å². The molecule has 0 radical (unpaired) electrons. The number of rotatable bonds is 5. The Morgan fingerprint density at radius 1 is 1.50 bits per heavy atom. The second kappa shape index (κ2) is 6.35. The van der Waals surface area contributed by atoms with E-state index in [4.69, 9.17) is 10.5 Å². The minimum Gasteiger partial charge on any atom is -0.492 e. The first-order valence-electron chi connectivity index (χ1n) is 7.50. The van der Waals surface area contributed by atoms with Crippen molar-refractivity contribution < 1.29 is 9.84 Å². The highest BCUT2D eigenvalue weighted by atomic mass is 16.5. The van der Waals surface area contributed by atoms with Gasteiger partial charge in [-0.3, -0.25) is 0 Å². The van der Waals surface area contributed by atoms with E-state index in [-0.39, 0.29) is 12.1 Å². The molecule has 0 spiro atoms. The van der Waals surface area contributed by atoms with Gasteiger partial charge in [0, 0.05) is 11.8 Å². The normalized spacial score (nSPS) is 26.2. The molecule has 1 aromatic rings. The highest BCUT2D eigenvalue weighted by molar-refractivity contribution is 5.62. The average Bonchev–Trinajstić information content (AvgIpc) is 2.43. The van der Waals surface area contributed by atoms with E-state index in [1.54, 1.807) is 0 Å². The van der Waals surface area contributed by atoms with Crippen LogP contribution in [0.3, 0.4) is 0 Å². The van der Waals surface area contributed by atoms with Crippen LogP contribution in [0.5, 0.6) is 5.75 Å². The van der Waals surface area contributed by atoms with E-state index in [0.717, 1.165) is 24.9 Å². The van der Waals surface area contributed by atoms with Gasteiger partial charge in [0.2, 0.25) is 0 Å². The van der Waals surface area contributed by atoms with Crippen molar-refractivity contribution in [3.8, 4) is 5.75 Å². The van der Waals surface area contributed by atoms with Gasteiger partial charge in [0.25, 0.3) is 0 Å². The van der Waals surface area contributed by atoms with Crippen LogP contribution < -0.4 is 15.8 Å². The van der Waals surface area contributed by atoms with Gasteiger partial charge in [-0.25, -0.2) is 0 Å². The molecule has 0 amide bonds. The summed E-state index contributed by atoms with van der Waals surface area (Å²) in [7, 11) is 0. The van der Waals surface area contributed by atoms with Gasteiger partial charge in [-0.05, 0) is 37.8 Å². The third-order valence-corrected chi connectivity index (χ3v) is 4.12. The molecule has 2 rings (SSSR count). The molecule has 1 fully saturated rings. The first-order valence-corrected chi connectivity index (χ1v) is 7.50. The van der Waals surface area contributed by atoms with Crippen LogP contribution >= 0.6 is 0 Å². The molecule has 0 saturated heterocycles. The summed E-state index contributed by atoms with van der Waals surface area (Å²) in [5.41, 5.74) is 7.29. The molecule has 0 bridgehead atoms. The maximum atomic E-state index is 9.83. The Balaban J connectivity index is 2.16. The van der Waals surface area contributed by atoms with Gasteiger partial charge in [0.05, 0.1) is 24.4 Å². The van der Waals surface area contributed by atoms with Crippen LogP contribution in [0, 0.1) is 5.92 Å². The molecular formula is C16H26N2O2. The monoisotopic (exact) mass is 278 g/mol. The van der Waals surface area contributed by atoms with Gasteiger partial charge in [-0.2, -0.15) is 0 Å². The van der Waals surface area contributed by atoms with Gasteiger partial charge in [-0.15, -0.1) is 0 Å². The largest absolute Gasteiger partial charge is 0.492 e. The molecule has 1 saturated carbocycles. The molecule has 1 aliphatic carbocycles. The number of anilines is 2. The van der Waals surface area contributed by atoms with E-state index in [0.29, 0.717) is 24.0 Å². The molecule has 2 atom stereocenters. The fourth-order valence-corrected chi connectivity index (χ4v) is 3.16. The average molecular weight is 278 g/mol. The topological polar surface area (TPSA) is 67.5 Å². The van der Waals surface area contributed by atoms with Crippen molar-refractivity contribution in [3.05, 3.63) is 18.2 Å². The predicted octanol–water partition coefficient (Wildman–Crippen LogP) is 3.02. The molecule has 20 heavy (non-hydrogen) atoms. The van der Waals surface area contributed by atoms with Crippen LogP contribution in [0.4, 0.5) is 11.4 Å². The second-order valence-corrected chi connectivity index (χ2v) is 5.95. The summed E-state index contributed by atoms with van der Waals surface area (Å²) in [5, 5.41) is 13.3. The van der Waals surface area contributed by atoms with E-state index in [9.17, 15) is 5.11 Å². The zero-order valence-electron chi connectivity index (χ0n) is 12.5. The van der Waals surface area contributed by atoms with E-state index >= 15 is 0 Å². The summed E-state index contributed by atoms with van der Waals surface area (Å²) >= 11 is 0. The van der Waals surface area contributed by atoms with Crippen molar-refractivity contribution in [2.75, 3.05) is 24.3 Å². The van der Waals surface area contributed by atoms with Crippen LogP contribution in [-0.2, 0) is 0 Å². The van der Waals surface area contributed by atoms with Crippen LogP contribution in [0.25, 0.3) is 0 Å². The molecule has 112 valence electrons. The number of ether oxygens (including phenoxy) is 1. The minimum absolute atomic E-state index is 0.158. The van der Waals surface area contributed by atoms with Gasteiger partial charge in [-0.1, -0.05) is 19.8 Å². The van der Waals surface area contributed by atoms with Crippen molar-refractivity contribution in [3.63, 3.8) is 0 Å². The van der Waals surface area contributed by atoms with E-state index in [1.165, 1.54) is 6.42 Å². The number of hydrogen-bond donors (Lipinski definition) is 3. The number of nitrogens with one attached hydrogen (secondary N) is 1. The van der Waals surface area contributed by atoms with E-state index < -0.39 is 0 Å². The molecule has 4 nitrogen and oxygen atoms in total. The lowest BCUT2D eigenvalue weighted by molar-refractivity contribution is 0.149. The Hall–Kier alpha value is -1.42. The van der Waals surface area contributed by atoms with Crippen molar-refractivity contribution in [2.45, 2.75) is 45.1 Å². The molecule has 4 N–H and O–H groups in total. The van der Waals surface area contributed by atoms with Gasteiger partial charge < -0.3 is 20.9 Å². The first-order chi connectivity index (χ1) is 9.58. The molecule has 2 unspecified atom stereocenters. The summed E-state index contributed by atoms with van der Waals surface area (Å²) in [4.78, 5) is 0. The summed E-state index contributed by atoms with van der Waals surface area (Å²) in [5.74, 6) is 1.35. The number of nitrogens with two attached hydrogens (primary N) is 1. The second-order valence-electron chi connectivity index (χ2n) is 5.95. The summed E-state index contributed by atoms with van der Waals surface area (Å²) in [6.07, 6.45) is 4.40. The maximum Gasteiger partial charge on any atom is 0.144 e. The molecule has 0 aromatic heterocycles. The van der Waals surface area contributed by atoms with Gasteiger partial charge in [0.15, 0.2) is 0 Å². The van der Waals surface area contributed by atoms with Crippen molar-refractivity contribution in [1.82, 2.24) is 0 Å². The number of benzene rings is 1. The highest BCUT2D eigenvalue weighted by Gasteiger charge is 2.34. The maximum absolute atomic E-state index is 9.83. The van der Waals surface area contributed by atoms with E-state index in [1.807, 2.05) is 25.1 Å². The van der Waals surface area contributed by atoms with Gasteiger partial charge >= 0.3 is 0 Å². The van der Waals surface area contributed by atoms with Crippen LogP contribution in [0.2, 0.25) is 0 Å². The summed E-state index contributed by atoms with van der Waals surface area (Å²) < 4.78 is 5.53. The van der Waals surface area contributed by atoms with Crippen LogP contribution in [0.15, 0.2) is 18.2 Å². The smallest absolute Gasteiger partial charge is 0.144 e. The zero-order chi connectivity index (χ0) is 14.6. The molecule has 0 aliphatic heterocycles. The van der Waals surface area contributed by atoms with Crippen molar-refractivity contribution in [1.29, 1.82) is 0 Å². The first kappa shape index (κ1) is 15.0. The highest BCUT2D eigenvalue weighted by Crippen LogP contribution is 2.36. The molecule has 4 heteroatoms. The fraction of sp³-hybridized carbons (Fsp3) is 0.625. The van der Waals surface area contributed by atoms with Crippen LogP contribution in [0.1, 0.15) is 39.5 Å². The molecule has 1 aliphatic rings. The molecule has 0 heterocycles. The minimum atomic E-state index is -0.211. The number of nitrogen functional groups attached to an aromatic ring is 1. The number of aliphatic hydroxyl groups excluding tert-OH is 1. The third kappa shape index (κ3) is 3.37. The fourth-order valence-electron chi connectivity index (χ4n) is 3.16. The Morgan fingerprint density at radius 2 is 2.30 bits per heavy atom. The van der Waals surface area contributed by atoms with Crippen molar-refractivity contribution >= 4 is 11.4 Å². The van der Waals surface area contributed by atoms with Gasteiger partial charge in [0.1, 0.15) is 5.75 Å². The summed E-state index contributed by atoms with van der Waals surface area (Å²) in [6.45, 7) is 4.94. The lowest BCUT2D eigenvalue weighted by atomic mass is 9.76. The Morgan fingerprint density at radius 3 is 2.95 bits per heavy atom. The SMILES string of the molecule is CCOc1cc(NC2(CO)CCCC(C)C2)ccc1N. The van der Waals surface area contributed by atoms with E-state index in [2.05, 4.69) is 12.2 Å². The lowest BCUT2D eigenvalue weighted by Crippen LogP contribution is -2.45. The molecular weight excluding hydrogens is 252 g/mol. The molecule has 1 aromatic carbocycles. The predicted molar refractivity (Wildman–Crippen MR) is 83.1 cm³/mol. The Kier molecular flexibility index (Phi) is 4.76. The lowest BCUT2D eigenvalue weighted by Gasteiger charge is -2.40. The zero-order valence-corrected chi connectivity index (χ0v) is 12.5. The summed E-state index contributed by atoms with van der Waals surface area (Å²) in [6, 6.07) is 5.73. The quantitative estimate of drug-likeness (QED) is 0.724. The van der Waals surface area contributed by atoms with Crippen molar-refractivity contribution in [2.24, 2.45) is 5.92 Å². The Labute approximate surface area is 121 Å². The third-order valence-electron chi connectivity index (χ3n) is 4.12.